The van der Waals surface area contributed by atoms with E-state index in [1.807, 2.05) is 42.2 Å². The molecule has 1 atom stereocenters. The number of nitrogens with one attached hydrogen (secondary N) is 2. The molecule has 0 saturated carbocycles. The van der Waals surface area contributed by atoms with E-state index in [1.54, 1.807) is 12.4 Å². The largest absolute Gasteiger partial charge is 0.338 e. The van der Waals surface area contributed by atoms with E-state index in [2.05, 4.69) is 44.3 Å². The summed E-state index contributed by atoms with van der Waals surface area (Å²) >= 11 is 0. The third-order valence-electron chi connectivity index (χ3n) is 4.39. The molecule has 7 heteroatoms. The Morgan fingerprint density at radius 1 is 1.15 bits per heavy atom. The molecule has 0 aliphatic carbocycles. The van der Waals surface area contributed by atoms with Crippen LogP contribution in [-0.2, 0) is 19.6 Å². The first-order chi connectivity index (χ1) is 13.1. The molecule has 0 fully saturated rings. The van der Waals surface area contributed by atoms with Crippen LogP contribution in [0.2, 0.25) is 0 Å². The van der Waals surface area contributed by atoms with Crippen LogP contribution in [0, 0.1) is 12.8 Å². The molecule has 1 unspecified atom stereocenters. The Hall–Kier alpha value is -3.09. The molecule has 2 heterocycles. The molecule has 142 valence electrons. The fraction of sp³-hybridized carbons (Fsp3) is 0.350. The topological polar surface area (TPSA) is 76.8 Å². The fourth-order valence-electron chi connectivity index (χ4n) is 2.91. The standard InChI is InChI=1S/C20H26N6O/c1-16(14-26-9-4-7-24-26)12-22-20(27)23-13-18-5-3-6-19(11-18)15-25-10-8-21-17(25)2/h3-11,16H,12-15H2,1-2H3,(H2,22,23,27). The lowest BCUT2D eigenvalue weighted by Gasteiger charge is -2.14. The maximum atomic E-state index is 12.1. The van der Waals surface area contributed by atoms with E-state index in [0.29, 0.717) is 19.0 Å². The number of aromatic nitrogens is 4. The van der Waals surface area contributed by atoms with E-state index in [1.165, 1.54) is 5.56 Å². The van der Waals surface area contributed by atoms with Crippen molar-refractivity contribution in [3.63, 3.8) is 0 Å². The van der Waals surface area contributed by atoms with Crippen LogP contribution in [-0.4, -0.2) is 31.9 Å². The molecule has 3 rings (SSSR count). The zero-order chi connectivity index (χ0) is 19.1. The molecule has 0 radical (unpaired) electrons. The van der Waals surface area contributed by atoms with Gasteiger partial charge in [-0.1, -0.05) is 31.2 Å². The molecule has 0 saturated heterocycles. The minimum Gasteiger partial charge on any atom is -0.338 e. The lowest BCUT2D eigenvalue weighted by atomic mass is 10.1. The number of rotatable bonds is 8. The maximum absolute atomic E-state index is 12.1. The predicted molar refractivity (Wildman–Crippen MR) is 104 cm³/mol. The lowest BCUT2D eigenvalue weighted by molar-refractivity contribution is 0.238. The SMILES string of the molecule is Cc1nccn1Cc1cccc(CNC(=O)NCC(C)Cn2cccn2)c1. The molecular formula is C20H26N6O. The van der Waals surface area contributed by atoms with E-state index in [0.717, 1.165) is 24.5 Å². The van der Waals surface area contributed by atoms with E-state index in [4.69, 9.17) is 0 Å². The summed E-state index contributed by atoms with van der Waals surface area (Å²) < 4.78 is 3.97. The Morgan fingerprint density at radius 3 is 2.74 bits per heavy atom. The van der Waals surface area contributed by atoms with Gasteiger partial charge in [0.1, 0.15) is 5.82 Å². The summed E-state index contributed by atoms with van der Waals surface area (Å²) in [4.78, 5) is 16.3. The first-order valence-electron chi connectivity index (χ1n) is 9.15. The molecule has 2 amide bonds. The maximum Gasteiger partial charge on any atom is 0.315 e. The Balaban J connectivity index is 1.43. The summed E-state index contributed by atoms with van der Waals surface area (Å²) in [6, 6.07) is 9.97. The van der Waals surface area contributed by atoms with Gasteiger partial charge in [0.2, 0.25) is 0 Å². The summed E-state index contributed by atoms with van der Waals surface area (Å²) in [6.45, 7) is 6.73. The van der Waals surface area contributed by atoms with Gasteiger partial charge < -0.3 is 15.2 Å². The van der Waals surface area contributed by atoms with E-state index in [9.17, 15) is 4.79 Å². The third-order valence-corrected chi connectivity index (χ3v) is 4.39. The second-order valence-corrected chi connectivity index (χ2v) is 6.82. The van der Waals surface area contributed by atoms with Gasteiger partial charge in [0, 0.05) is 51.0 Å². The van der Waals surface area contributed by atoms with Crippen molar-refractivity contribution in [2.75, 3.05) is 6.54 Å². The van der Waals surface area contributed by atoms with Crippen molar-refractivity contribution in [2.45, 2.75) is 33.5 Å². The highest BCUT2D eigenvalue weighted by Gasteiger charge is 2.07. The lowest BCUT2D eigenvalue weighted by Crippen LogP contribution is -2.38. The molecule has 7 nitrogen and oxygen atoms in total. The van der Waals surface area contributed by atoms with Gasteiger partial charge in [-0.2, -0.15) is 5.10 Å². The summed E-state index contributed by atoms with van der Waals surface area (Å²) in [5.41, 5.74) is 2.26. The number of urea groups is 1. The van der Waals surface area contributed by atoms with Crippen molar-refractivity contribution >= 4 is 6.03 Å². The van der Waals surface area contributed by atoms with Gasteiger partial charge in [-0.25, -0.2) is 9.78 Å². The number of aryl methyl sites for hydroxylation is 1. The number of imidazole rings is 1. The Labute approximate surface area is 159 Å². The highest BCUT2D eigenvalue weighted by Crippen LogP contribution is 2.08. The first kappa shape index (κ1) is 18.7. The number of hydrogen-bond donors (Lipinski definition) is 2. The number of benzene rings is 1. The molecule has 3 aromatic rings. The zero-order valence-corrected chi connectivity index (χ0v) is 15.8. The number of hydrogen-bond acceptors (Lipinski definition) is 3. The van der Waals surface area contributed by atoms with E-state index >= 15 is 0 Å². The van der Waals surface area contributed by atoms with Gasteiger partial charge in [0.05, 0.1) is 0 Å². The van der Waals surface area contributed by atoms with Gasteiger partial charge in [0.15, 0.2) is 0 Å². The minimum absolute atomic E-state index is 0.154. The van der Waals surface area contributed by atoms with Crippen molar-refractivity contribution in [3.8, 4) is 0 Å². The normalized spacial score (nSPS) is 11.9. The summed E-state index contributed by atoms with van der Waals surface area (Å²) in [6.07, 6.45) is 7.46. The van der Waals surface area contributed by atoms with Crippen LogP contribution in [0.15, 0.2) is 55.1 Å². The first-order valence-corrected chi connectivity index (χ1v) is 9.15. The van der Waals surface area contributed by atoms with Crippen LogP contribution in [0.5, 0.6) is 0 Å². The van der Waals surface area contributed by atoms with Crippen LogP contribution in [0.1, 0.15) is 23.9 Å². The van der Waals surface area contributed by atoms with Crippen LogP contribution < -0.4 is 10.6 Å². The highest BCUT2D eigenvalue weighted by atomic mass is 16.2. The van der Waals surface area contributed by atoms with Gasteiger partial charge in [-0.3, -0.25) is 4.68 Å². The number of nitrogens with zero attached hydrogens (tertiary/aromatic N) is 4. The monoisotopic (exact) mass is 366 g/mol. The van der Waals surface area contributed by atoms with E-state index in [-0.39, 0.29) is 6.03 Å². The molecule has 27 heavy (non-hydrogen) atoms. The average Bonchev–Trinajstić information content (AvgIpc) is 3.31. The van der Waals surface area contributed by atoms with Crippen LogP contribution in [0.25, 0.3) is 0 Å². The summed E-state index contributed by atoms with van der Waals surface area (Å²) in [5, 5.41) is 10.0. The van der Waals surface area contributed by atoms with Gasteiger partial charge in [-0.05, 0) is 30.0 Å². The van der Waals surface area contributed by atoms with Gasteiger partial charge in [-0.15, -0.1) is 0 Å². The molecule has 0 bridgehead atoms. The highest BCUT2D eigenvalue weighted by molar-refractivity contribution is 5.73. The average molecular weight is 366 g/mol. The van der Waals surface area contributed by atoms with Crippen molar-refractivity contribution in [2.24, 2.45) is 5.92 Å². The Bertz CT molecular complexity index is 855. The molecule has 2 N–H and O–H groups in total. The van der Waals surface area contributed by atoms with Crippen molar-refractivity contribution in [1.29, 1.82) is 0 Å². The Kier molecular flexibility index (Phi) is 6.25. The molecular weight excluding hydrogens is 340 g/mol. The van der Waals surface area contributed by atoms with Crippen LogP contribution >= 0.6 is 0 Å². The van der Waals surface area contributed by atoms with Crippen molar-refractivity contribution < 1.29 is 4.79 Å². The summed E-state index contributed by atoms with van der Waals surface area (Å²) in [5.74, 6) is 1.29. The number of carbonyl (C=O) groups excluding carboxylic acids is 1. The smallest absolute Gasteiger partial charge is 0.315 e. The molecule has 2 aromatic heterocycles. The van der Waals surface area contributed by atoms with Gasteiger partial charge in [0.25, 0.3) is 0 Å². The molecule has 1 aromatic carbocycles. The summed E-state index contributed by atoms with van der Waals surface area (Å²) in [7, 11) is 0. The second-order valence-electron chi connectivity index (χ2n) is 6.82. The predicted octanol–water partition coefficient (Wildman–Crippen LogP) is 2.57. The van der Waals surface area contributed by atoms with Crippen LogP contribution in [0.4, 0.5) is 4.79 Å². The number of amides is 2. The van der Waals surface area contributed by atoms with Gasteiger partial charge >= 0.3 is 6.03 Å². The molecule has 0 spiro atoms. The van der Waals surface area contributed by atoms with E-state index < -0.39 is 0 Å². The Morgan fingerprint density at radius 2 is 2.00 bits per heavy atom. The molecule has 0 aliphatic heterocycles. The second kappa shape index (κ2) is 9.02. The zero-order valence-electron chi connectivity index (χ0n) is 15.8. The quantitative estimate of drug-likeness (QED) is 0.643. The minimum atomic E-state index is -0.154. The van der Waals surface area contributed by atoms with Crippen molar-refractivity contribution in [1.82, 2.24) is 30.0 Å². The third kappa shape index (κ3) is 5.70. The molecule has 0 aliphatic rings. The number of carbonyl (C=O) groups is 1. The fourth-order valence-corrected chi connectivity index (χ4v) is 2.91. The van der Waals surface area contributed by atoms with Crippen molar-refractivity contribution in [3.05, 3.63) is 72.1 Å². The van der Waals surface area contributed by atoms with Crippen LogP contribution in [0.3, 0.4) is 0 Å².